The fourth-order valence-electron chi connectivity index (χ4n) is 3.45. The molecule has 1 N–H and O–H groups in total. The van der Waals surface area contributed by atoms with Gasteiger partial charge in [0.1, 0.15) is 11.5 Å². The minimum absolute atomic E-state index is 0.0372. The summed E-state index contributed by atoms with van der Waals surface area (Å²) < 4.78 is 5.21. The number of carbonyl (C=O) groups is 2. The first-order valence-electron chi connectivity index (χ1n) is 9.02. The van der Waals surface area contributed by atoms with Gasteiger partial charge in [-0.1, -0.05) is 42.5 Å². The number of nitrogens with zero attached hydrogens (tertiary/aromatic N) is 2. The maximum absolute atomic E-state index is 13.0. The number of Topliss-reactive ketones (excluding diaryl/α,β-unsaturated/α-hetero) is 1. The molecule has 1 fully saturated rings. The zero-order valence-corrected chi connectivity index (χ0v) is 15.6. The Morgan fingerprint density at radius 1 is 1.00 bits per heavy atom. The number of pyridine rings is 1. The fourth-order valence-corrected chi connectivity index (χ4v) is 3.45. The van der Waals surface area contributed by atoms with Gasteiger partial charge in [0, 0.05) is 11.8 Å². The molecule has 2 aromatic carbocycles. The van der Waals surface area contributed by atoms with E-state index in [-0.39, 0.29) is 11.3 Å². The van der Waals surface area contributed by atoms with Crippen molar-refractivity contribution in [3.05, 3.63) is 95.8 Å². The lowest BCUT2D eigenvalue weighted by Crippen LogP contribution is -2.29. The first kappa shape index (κ1) is 18.4. The number of benzene rings is 2. The van der Waals surface area contributed by atoms with Crippen LogP contribution in [0, 0.1) is 0 Å². The molecular weight excluding hydrogens is 368 g/mol. The largest absolute Gasteiger partial charge is 0.507 e. The molecule has 1 aliphatic rings. The molecule has 1 aromatic heterocycles. The molecule has 6 heteroatoms. The van der Waals surface area contributed by atoms with Crippen molar-refractivity contribution >= 4 is 23.1 Å². The first-order chi connectivity index (χ1) is 14.1. The third-order valence-electron chi connectivity index (χ3n) is 4.85. The van der Waals surface area contributed by atoms with E-state index >= 15 is 0 Å². The van der Waals surface area contributed by atoms with Crippen LogP contribution in [-0.4, -0.2) is 28.9 Å². The number of rotatable bonds is 4. The highest BCUT2D eigenvalue weighted by molar-refractivity contribution is 6.51. The van der Waals surface area contributed by atoms with E-state index in [2.05, 4.69) is 4.98 Å². The zero-order chi connectivity index (χ0) is 20.4. The first-order valence-corrected chi connectivity index (χ1v) is 9.02. The van der Waals surface area contributed by atoms with E-state index in [1.807, 2.05) is 6.07 Å². The maximum Gasteiger partial charge on any atom is 0.300 e. The molecule has 29 heavy (non-hydrogen) atoms. The third kappa shape index (κ3) is 3.25. The summed E-state index contributed by atoms with van der Waals surface area (Å²) in [5, 5.41) is 10.9. The summed E-state index contributed by atoms with van der Waals surface area (Å²) >= 11 is 0. The molecule has 0 radical (unpaired) electrons. The van der Waals surface area contributed by atoms with E-state index < -0.39 is 17.7 Å². The number of hydrogen-bond donors (Lipinski definition) is 1. The lowest BCUT2D eigenvalue weighted by Gasteiger charge is -2.25. The number of aromatic nitrogens is 1. The van der Waals surface area contributed by atoms with E-state index in [0.29, 0.717) is 22.6 Å². The average Bonchev–Trinajstić information content (AvgIpc) is 3.05. The van der Waals surface area contributed by atoms with E-state index in [1.165, 1.54) is 11.1 Å². The maximum atomic E-state index is 13.0. The van der Waals surface area contributed by atoms with Crippen LogP contribution in [0.15, 0.2) is 84.7 Å². The van der Waals surface area contributed by atoms with Crippen molar-refractivity contribution in [2.24, 2.45) is 0 Å². The zero-order valence-electron chi connectivity index (χ0n) is 15.6. The molecule has 1 aliphatic heterocycles. The second-order valence-electron chi connectivity index (χ2n) is 6.52. The molecule has 1 atom stereocenters. The summed E-state index contributed by atoms with van der Waals surface area (Å²) in [5.41, 5.74) is 1.65. The molecular formula is C23H18N2O4. The fraction of sp³-hybridized carbons (Fsp3) is 0.0870. The van der Waals surface area contributed by atoms with Gasteiger partial charge in [-0.15, -0.1) is 0 Å². The standard InChI is InChI=1S/C23H18N2O4/c1-29-18-11-9-15(10-12-18)20-19(21(26)16-6-3-2-4-7-16)22(27)23(28)25(20)17-8-5-13-24-14-17/h2-14,20,26H,1H3. The normalized spacial score (nSPS) is 18.1. The number of ketones is 1. The van der Waals surface area contributed by atoms with Crippen LogP contribution in [0.4, 0.5) is 5.69 Å². The number of anilines is 1. The van der Waals surface area contributed by atoms with Crippen molar-refractivity contribution in [3.8, 4) is 5.75 Å². The molecule has 2 heterocycles. The monoisotopic (exact) mass is 386 g/mol. The second-order valence-corrected chi connectivity index (χ2v) is 6.52. The molecule has 4 rings (SSSR count). The van der Waals surface area contributed by atoms with Crippen molar-refractivity contribution in [3.63, 3.8) is 0 Å². The van der Waals surface area contributed by atoms with Gasteiger partial charge in [-0.3, -0.25) is 19.5 Å². The lowest BCUT2D eigenvalue weighted by atomic mass is 9.95. The van der Waals surface area contributed by atoms with Gasteiger partial charge >= 0.3 is 0 Å². The summed E-state index contributed by atoms with van der Waals surface area (Å²) in [6.45, 7) is 0. The van der Waals surface area contributed by atoms with Gasteiger partial charge < -0.3 is 9.84 Å². The molecule has 3 aromatic rings. The Kier molecular flexibility index (Phi) is 4.83. The number of aliphatic hydroxyl groups excluding tert-OH is 1. The van der Waals surface area contributed by atoms with Gasteiger partial charge in [0.2, 0.25) is 0 Å². The number of ether oxygens (including phenoxy) is 1. The molecule has 6 nitrogen and oxygen atoms in total. The highest BCUT2D eigenvalue weighted by atomic mass is 16.5. The molecule has 1 unspecified atom stereocenters. The van der Waals surface area contributed by atoms with Gasteiger partial charge in [-0.05, 0) is 29.8 Å². The van der Waals surface area contributed by atoms with Gasteiger partial charge in [0.25, 0.3) is 11.7 Å². The lowest BCUT2D eigenvalue weighted by molar-refractivity contribution is -0.132. The summed E-state index contributed by atoms with van der Waals surface area (Å²) in [4.78, 5) is 31.3. The number of hydrogen-bond acceptors (Lipinski definition) is 5. The minimum atomic E-state index is -0.787. The quantitative estimate of drug-likeness (QED) is 0.420. The smallest absolute Gasteiger partial charge is 0.300 e. The highest BCUT2D eigenvalue weighted by Crippen LogP contribution is 2.42. The van der Waals surface area contributed by atoms with Crippen molar-refractivity contribution in [1.82, 2.24) is 4.98 Å². The van der Waals surface area contributed by atoms with E-state index in [9.17, 15) is 14.7 Å². The Morgan fingerprint density at radius 2 is 1.72 bits per heavy atom. The predicted molar refractivity (Wildman–Crippen MR) is 108 cm³/mol. The van der Waals surface area contributed by atoms with Crippen LogP contribution >= 0.6 is 0 Å². The molecule has 0 spiro atoms. The number of aliphatic hydroxyl groups is 1. The van der Waals surface area contributed by atoms with Crippen molar-refractivity contribution in [2.45, 2.75) is 6.04 Å². The highest BCUT2D eigenvalue weighted by Gasteiger charge is 2.47. The minimum Gasteiger partial charge on any atom is -0.507 e. The van der Waals surface area contributed by atoms with Crippen LogP contribution in [-0.2, 0) is 9.59 Å². The van der Waals surface area contributed by atoms with Crippen LogP contribution in [0.25, 0.3) is 5.76 Å². The number of methoxy groups -OCH3 is 1. The SMILES string of the molecule is COc1ccc(C2C(=C(O)c3ccccc3)C(=O)C(=O)N2c2cccnc2)cc1. The van der Waals surface area contributed by atoms with Crippen molar-refractivity contribution < 1.29 is 19.4 Å². The topological polar surface area (TPSA) is 79.7 Å². The predicted octanol–water partition coefficient (Wildman–Crippen LogP) is 3.72. The number of amides is 1. The number of carbonyl (C=O) groups excluding carboxylic acids is 2. The van der Waals surface area contributed by atoms with E-state index in [4.69, 9.17) is 4.74 Å². The molecule has 0 saturated carbocycles. The van der Waals surface area contributed by atoms with Crippen LogP contribution in [0.5, 0.6) is 5.75 Å². The molecule has 1 saturated heterocycles. The third-order valence-corrected chi connectivity index (χ3v) is 4.85. The van der Waals surface area contributed by atoms with Gasteiger partial charge in [0.15, 0.2) is 0 Å². The summed E-state index contributed by atoms with van der Waals surface area (Å²) in [6, 6.07) is 18.4. The van der Waals surface area contributed by atoms with Gasteiger partial charge in [0.05, 0.1) is 30.6 Å². The van der Waals surface area contributed by atoms with Gasteiger partial charge in [-0.2, -0.15) is 0 Å². The van der Waals surface area contributed by atoms with Crippen molar-refractivity contribution in [1.29, 1.82) is 0 Å². The Labute approximate surface area is 167 Å². The van der Waals surface area contributed by atoms with Crippen LogP contribution in [0.3, 0.4) is 0 Å². The Bertz CT molecular complexity index is 1080. The summed E-state index contributed by atoms with van der Waals surface area (Å²) in [7, 11) is 1.56. The van der Waals surface area contributed by atoms with Crippen molar-refractivity contribution in [2.75, 3.05) is 12.0 Å². The Balaban J connectivity index is 1.93. The van der Waals surface area contributed by atoms with Crippen LogP contribution in [0.1, 0.15) is 17.2 Å². The molecule has 0 aliphatic carbocycles. The van der Waals surface area contributed by atoms with E-state index in [1.54, 1.807) is 74.0 Å². The molecule has 144 valence electrons. The van der Waals surface area contributed by atoms with Crippen LogP contribution < -0.4 is 9.64 Å². The van der Waals surface area contributed by atoms with Gasteiger partial charge in [-0.25, -0.2) is 0 Å². The van der Waals surface area contributed by atoms with Crippen LogP contribution in [0.2, 0.25) is 0 Å². The molecule has 0 bridgehead atoms. The Hall–Kier alpha value is -3.93. The Morgan fingerprint density at radius 3 is 2.34 bits per heavy atom. The summed E-state index contributed by atoms with van der Waals surface area (Å²) in [6.07, 6.45) is 3.11. The second kappa shape index (κ2) is 7.59. The van der Waals surface area contributed by atoms with E-state index in [0.717, 1.165) is 0 Å². The summed E-state index contributed by atoms with van der Waals surface area (Å²) in [5.74, 6) is -1.02. The molecule has 1 amide bonds. The average molecular weight is 386 g/mol.